The van der Waals surface area contributed by atoms with Crippen molar-refractivity contribution in [3.63, 3.8) is 0 Å². The molecule has 0 unspecified atom stereocenters. The first-order chi connectivity index (χ1) is 9.34. The van der Waals surface area contributed by atoms with E-state index in [-0.39, 0.29) is 0 Å². The van der Waals surface area contributed by atoms with E-state index in [1.807, 2.05) is 6.07 Å². The fourth-order valence-electron chi connectivity index (χ4n) is 2.44. The van der Waals surface area contributed by atoms with Crippen LogP contribution in [-0.4, -0.2) is 29.6 Å². The van der Waals surface area contributed by atoms with Crippen LogP contribution in [0.2, 0.25) is 0 Å². The van der Waals surface area contributed by atoms with E-state index in [1.165, 1.54) is 5.56 Å². The number of benzene rings is 1. The van der Waals surface area contributed by atoms with Gasteiger partial charge in [-0.3, -0.25) is 0 Å². The number of nitrogens with two attached hydrogens (primary N) is 1. The second-order valence-electron chi connectivity index (χ2n) is 4.63. The van der Waals surface area contributed by atoms with E-state index in [1.54, 1.807) is 12.4 Å². The number of hydrogen-bond donors (Lipinski definition) is 2. The van der Waals surface area contributed by atoms with Crippen LogP contribution in [0.15, 0.2) is 42.7 Å². The van der Waals surface area contributed by atoms with Gasteiger partial charge < -0.3 is 16.0 Å². The maximum atomic E-state index is 5.90. The Kier molecular flexibility index (Phi) is 3.29. The Bertz CT molecular complexity index is 543. The molecule has 0 saturated carbocycles. The summed E-state index contributed by atoms with van der Waals surface area (Å²) in [5, 5.41) is 3.52. The van der Waals surface area contributed by atoms with Crippen LogP contribution in [0.4, 0.5) is 11.6 Å². The molecular weight excluding hydrogens is 238 g/mol. The molecular formula is C14H17N5. The molecule has 1 aliphatic heterocycles. The molecule has 0 radical (unpaired) electrons. The van der Waals surface area contributed by atoms with Crippen molar-refractivity contribution in [2.45, 2.75) is 6.04 Å². The Balaban J connectivity index is 1.81. The lowest BCUT2D eigenvalue weighted by molar-refractivity contribution is 0.469. The highest BCUT2D eigenvalue weighted by Gasteiger charge is 2.22. The molecule has 5 nitrogen and oxygen atoms in total. The summed E-state index contributed by atoms with van der Waals surface area (Å²) in [6, 6.07) is 10.7. The topological polar surface area (TPSA) is 67.1 Å². The lowest BCUT2D eigenvalue weighted by Gasteiger charge is -2.34. The van der Waals surface area contributed by atoms with Crippen molar-refractivity contribution in [1.29, 1.82) is 0 Å². The predicted molar refractivity (Wildman–Crippen MR) is 75.8 cm³/mol. The van der Waals surface area contributed by atoms with Crippen LogP contribution < -0.4 is 16.0 Å². The molecule has 2 aromatic rings. The van der Waals surface area contributed by atoms with Crippen molar-refractivity contribution < 1.29 is 0 Å². The Morgan fingerprint density at radius 2 is 1.95 bits per heavy atom. The minimum absolute atomic E-state index is 0.302. The van der Waals surface area contributed by atoms with Gasteiger partial charge in [-0.15, -0.1) is 0 Å². The van der Waals surface area contributed by atoms with E-state index in [4.69, 9.17) is 5.73 Å². The zero-order chi connectivity index (χ0) is 13.1. The number of hydrogen-bond acceptors (Lipinski definition) is 5. The number of nitrogens with zero attached hydrogens (tertiary/aromatic N) is 3. The molecule has 1 atom stereocenters. The van der Waals surface area contributed by atoms with E-state index >= 15 is 0 Å². The normalized spacial score (nSPS) is 19.4. The second-order valence-corrected chi connectivity index (χ2v) is 4.63. The molecule has 1 aliphatic rings. The first-order valence-corrected chi connectivity index (χ1v) is 6.44. The number of nitrogen functional groups attached to an aromatic ring is 1. The molecule has 3 rings (SSSR count). The third-order valence-electron chi connectivity index (χ3n) is 3.38. The summed E-state index contributed by atoms with van der Waals surface area (Å²) in [5.41, 5.74) is 7.19. The summed E-state index contributed by atoms with van der Waals surface area (Å²) in [6.07, 6.45) is 3.31. The fraction of sp³-hybridized carbons (Fsp3) is 0.286. The second kappa shape index (κ2) is 5.24. The van der Waals surface area contributed by atoms with Gasteiger partial charge in [0.2, 0.25) is 0 Å². The Morgan fingerprint density at radius 3 is 2.74 bits per heavy atom. The SMILES string of the molecule is Nc1nccnc1N1CCN[C@H](c2ccccc2)C1. The van der Waals surface area contributed by atoms with Crippen LogP contribution in [0.5, 0.6) is 0 Å². The van der Waals surface area contributed by atoms with E-state index in [0.717, 1.165) is 25.5 Å². The standard InChI is InChI=1S/C14H17N5/c15-13-14(18-7-6-17-13)19-9-8-16-12(10-19)11-4-2-1-3-5-11/h1-7,12,16H,8-10H2,(H2,15,17)/t12-/m0/s1. The van der Waals surface area contributed by atoms with Crippen molar-refractivity contribution >= 4 is 11.6 Å². The highest BCUT2D eigenvalue weighted by Crippen LogP contribution is 2.23. The molecule has 1 saturated heterocycles. The van der Waals surface area contributed by atoms with Crippen LogP contribution in [0, 0.1) is 0 Å². The monoisotopic (exact) mass is 255 g/mol. The molecule has 0 aliphatic carbocycles. The number of anilines is 2. The minimum atomic E-state index is 0.302. The van der Waals surface area contributed by atoms with Crippen LogP contribution in [0.1, 0.15) is 11.6 Å². The largest absolute Gasteiger partial charge is 0.381 e. The van der Waals surface area contributed by atoms with Crippen molar-refractivity contribution in [1.82, 2.24) is 15.3 Å². The quantitative estimate of drug-likeness (QED) is 0.844. The number of nitrogens with one attached hydrogen (secondary N) is 1. The molecule has 0 bridgehead atoms. The van der Waals surface area contributed by atoms with Crippen molar-refractivity contribution in [2.24, 2.45) is 0 Å². The maximum Gasteiger partial charge on any atom is 0.171 e. The number of rotatable bonds is 2. The van der Waals surface area contributed by atoms with Crippen molar-refractivity contribution in [3.05, 3.63) is 48.3 Å². The summed E-state index contributed by atoms with van der Waals surface area (Å²) in [5.74, 6) is 1.28. The van der Waals surface area contributed by atoms with Gasteiger partial charge in [0.15, 0.2) is 11.6 Å². The molecule has 1 fully saturated rings. The zero-order valence-corrected chi connectivity index (χ0v) is 10.7. The molecule has 98 valence electrons. The van der Waals surface area contributed by atoms with E-state index < -0.39 is 0 Å². The van der Waals surface area contributed by atoms with Crippen LogP contribution >= 0.6 is 0 Å². The van der Waals surface area contributed by atoms with Crippen LogP contribution in [0.25, 0.3) is 0 Å². The smallest absolute Gasteiger partial charge is 0.171 e. The third kappa shape index (κ3) is 2.51. The van der Waals surface area contributed by atoms with Gasteiger partial charge in [0.1, 0.15) is 0 Å². The zero-order valence-electron chi connectivity index (χ0n) is 10.7. The first kappa shape index (κ1) is 11.9. The molecule has 0 amide bonds. The predicted octanol–water partition coefficient (Wildman–Crippen LogP) is 1.21. The maximum absolute atomic E-state index is 5.90. The summed E-state index contributed by atoms with van der Waals surface area (Å²) < 4.78 is 0. The summed E-state index contributed by atoms with van der Waals surface area (Å²) in [6.45, 7) is 2.66. The third-order valence-corrected chi connectivity index (χ3v) is 3.38. The van der Waals surface area contributed by atoms with Gasteiger partial charge in [0.25, 0.3) is 0 Å². The Morgan fingerprint density at radius 1 is 1.16 bits per heavy atom. The Labute approximate surface area is 112 Å². The highest BCUT2D eigenvalue weighted by molar-refractivity contribution is 5.57. The fourth-order valence-corrected chi connectivity index (χ4v) is 2.44. The van der Waals surface area contributed by atoms with Gasteiger partial charge in [-0.05, 0) is 5.56 Å². The molecule has 5 heteroatoms. The molecule has 0 spiro atoms. The van der Waals surface area contributed by atoms with Gasteiger partial charge in [-0.1, -0.05) is 30.3 Å². The first-order valence-electron chi connectivity index (χ1n) is 6.44. The van der Waals surface area contributed by atoms with E-state index in [2.05, 4.69) is 44.5 Å². The summed E-state index contributed by atoms with van der Waals surface area (Å²) in [7, 11) is 0. The number of aromatic nitrogens is 2. The van der Waals surface area contributed by atoms with E-state index in [0.29, 0.717) is 11.9 Å². The van der Waals surface area contributed by atoms with Gasteiger partial charge in [-0.2, -0.15) is 0 Å². The molecule has 1 aromatic carbocycles. The molecule has 1 aromatic heterocycles. The highest BCUT2D eigenvalue weighted by atomic mass is 15.3. The average Bonchev–Trinajstić information content (AvgIpc) is 2.49. The lowest BCUT2D eigenvalue weighted by atomic mass is 10.0. The van der Waals surface area contributed by atoms with Gasteiger partial charge in [-0.25, -0.2) is 9.97 Å². The van der Waals surface area contributed by atoms with Crippen molar-refractivity contribution in [3.8, 4) is 0 Å². The molecule has 2 heterocycles. The van der Waals surface area contributed by atoms with Gasteiger partial charge >= 0.3 is 0 Å². The molecule has 19 heavy (non-hydrogen) atoms. The van der Waals surface area contributed by atoms with Crippen LogP contribution in [0.3, 0.4) is 0 Å². The Hall–Kier alpha value is -2.14. The van der Waals surface area contributed by atoms with Crippen LogP contribution in [-0.2, 0) is 0 Å². The van der Waals surface area contributed by atoms with E-state index in [9.17, 15) is 0 Å². The minimum Gasteiger partial charge on any atom is -0.381 e. The number of piperazine rings is 1. The summed E-state index contributed by atoms with van der Waals surface area (Å²) >= 11 is 0. The molecule has 3 N–H and O–H groups in total. The van der Waals surface area contributed by atoms with Crippen molar-refractivity contribution in [2.75, 3.05) is 30.3 Å². The average molecular weight is 255 g/mol. The summed E-state index contributed by atoms with van der Waals surface area (Å²) in [4.78, 5) is 10.6. The lowest BCUT2D eigenvalue weighted by Crippen LogP contribution is -2.46. The van der Waals surface area contributed by atoms with Gasteiger partial charge in [0, 0.05) is 38.1 Å². The van der Waals surface area contributed by atoms with Gasteiger partial charge in [0.05, 0.1) is 0 Å².